The van der Waals surface area contributed by atoms with Crippen molar-refractivity contribution in [3.05, 3.63) is 46.2 Å². The molecule has 1 aliphatic heterocycles. The lowest BCUT2D eigenvalue weighted by Gasteiger charge is -2.22. The van der Waals surface area contributed by atoms with Crippen LogP contribution >= 0.6 is 11.3 Å². The van der Waals surface area contributed by atoms with Crippen LogP contribution in [0.5, 0.6) is 11.5 Å². The summed E-state index contributed by atoms with van der Waals surface area (Å²) < 4.78 is 10.7. The van der Waals surface area contributed by atoms with Crippen LogP contribution in [0.2, 0.25) is 0 Å². The number of hydrogen-bond donors (Lipinski definition) is 1. The summed E-state index contributed by atoms with van der Waals surface area (Å²) in [6, 6.07) is 9.19. The number of carbonyl (C=O) groups is 2. The van der Waals surface area contributed by atoms with Crippen molar-refractivity contribution in [3.8, 4) is 11.5 Å². The van der Waals surface area contributed by atoms with Crippen LogP contribution in [-0.4, -0.2) is 30.6 Å². The Morgan fingerprint density at radius 3 is 2.80 bits per heavy atom. The van der Waals surface area contributed by atoms with Crippen LogP contribution in [0.3, 0.4) is 0 Å². The van der Waals surface area contributed by atoms with E-state index in [2.05, 4.69) is 5.32 Å². The molecule has 3 rings (SSSR count). The standard InChI is InChI=1S/C18H20N2O4S/c1-12(21)19-14(17-4-3-7-25-17)9-18(22)20(2)10-13-5-6-15-16(8-13)24-11-23-15/h3-8,14H,9-11H2,1-2H3,(H,19,21). The number of thiophene rings is 1. The highest BCUT2D eigenvalue weighted by atomic mass is 32.1. The Labute approximate surface area is 150 Å². The lowest BCUT2D eigenvalue weighted by molar-refractivity contribution is -0.131. The normalized spacial score (nSPS) is 13.4. The number of rotatable bonds is 6. The van der Waals surface area contributed by atoms with E-state index in [1.165, 1.54) is 18.3 Å². The molecule has 0 saturated carbocycles. The minimum atomic E-state index is -0.302. The number of nitrogens with zero attached hydrogens (tertiary/aromatic N) is 1. The fraction of sp³-hybridized carbons (Fsp3) is 0.333. The first-order chi connectivity index (χ1) is 12.0. The molecule has 0 saturated heterocycles. The molecule has 7 heteroatoms. The van der Waals surface area contributed by atoms with Gasteiger partial charge in [-0.3, -0.25) is 9.59 Å². The maximum absolute atomic E-state index is 12.6. The highest BCUT2D eigenvalue weighted by Crippen LogP contribution is 2.33. The zero-order valence-electron chi connectivity index (χ0n) is 14.2. The van der Waals surface area contributed by atoms with Crippen LogP contribution in [0.15, 0.2) is 35.7 Å². The minimum absolute atomic E-state index is 0.0372. The van der Waals surface area contributed by atoms with Gasteiger partial charge in [0.2, 0.25) is 18.6 Å². The summed E-state index contributed by atoms with van der Waals surface area (Å²) >= 11 is 1.53. The Hall–Kier alpha value is -2.54. The van der Waals surface area contributed by atoms with Gasteiger partial charge in [-0.25, -0.2) is 0 Å². The number of benzene rings is 1. The van der Waals surface area contributed by atoms with Crippen LogP contribution in [0, 0.1) is 0 Å². The number of carbonyl (C=O) groups excluding carboxylic acids is 2. The van der Waals surface area contributed by atoms with E-state index in [1.807, 2.05) is 35.7 Å². The van der Waals surface area contributed by atoms with Crippen molar-refractivity contribution in [3.63, 3.8) is 0 Å². The molecule has 6 nitrogen and oxygen atoms in total. The largest absolute Gasteiger partial charge is 0.454 e. The van der Waals surface area contributed by atoms with Gasteiger partial charge in [0, 0.05) is 25.4 Å². The molecule has 1 aromatic carbocycles. The van der Waals surface area contributed by atoms with E-state index in [1.54, 1.807) is 11.9 Å². The van der Waals surface area contributed by atoms with Gasteiger partial charge in [-0.15, -0.1) is 11.3 Å². The Morgan fingerprint density at radius 2 is 2.08 bits per heavy atom. The number of nitrogens with one attached hydrogen (secondary N) is 1. The Balaban J connectivity index is 1.63. The van der Waals surface area contributed by atoms with Crippen molar-refractivity contribution in [2.24, 2.45) is 0 Å². The number of amides is 2. The molecular formula is C18H20N2O4S. The van der Waals surface area contributed by atoms with Crippen molar-refractivity contribution in [1.82, 2.24) is 10.2 Å². The molecule has 0 radical (unpaired) electrons. The van der Waals surface area contributed by atoms with E-state index in [4.69, 9.17) is 9.47 Å². The molecule has 1 unspecified atom stereocenters. The molecule has 1 aliphatic rings. The number of ether oxygens (including phenoxy) is 2. The molecule has 0 bridgehead atoms. The van der Waals surface area contributed by atoms with E-state index in [9.17, 15) is 9.59 Å². The predicted octanol–water partition coefficient (Wildman–Crippen LogP) is 2.70. The highest BCUT2D eigenvalue weighted by Gasteiger charge is 2.21. The zero-order chi connectivity index (χ0) is 17.8. The second kappa shape index (κ2) is 7.57. The minimum Gasteiger partial charge on any atom is -0.454 e. The van der Waals surface area contributed by atoms with E-state index in [-0.39, 0.29) is 31.1 Å². The zero-order valence-corrected chi connectivity index (χ0v) is 15.0. The molecule has 2 amide bonds. The molecule has 1 N–H and O–H groups in total. The fourth-order valence-corrected chi connectivity index (χ4v) is 3.47. The predicted molar refractivity (Wildman–Crippen MR) is 94.5 cm³/mol. The SMILES string of the molecule is CC(=O)NC(CC(=O)N(C)Cc1ccc2c(c1)OCO2)c1cccs1. The van der Waals surface area contributed by atoms with Crippen LogP contribution in [0.4, 0.5) is 0 Å². The molecule has 1 atom stereocenters. The summed E-state index contributed by atoms with van der Waals surface area (Å²) in [4.78, 5) is 26.7. The van der Waals surface area contributed by atoms with Crippen LogP contribution < -0.4 is 14.8 Å². The van der Waals surface area contributed by atoms with Crippen molar-refractivity contribution in [1.29, 1.82) is 0 Å². The molecule has 132 valence electrons. The van der Waals surface area contributed by atoms with Crippen LogP contribution in [0.1, 0.15) is 29.8 Å². The molecule has 25 heavy (non-hydrogen) atoms. The van der Waals surface area contributed by atoms with Crippen molar-refractivity contribution in [2.45, 2.75) is 25.9 Å². The Kier molecular flexibility index (Phi) is 5.23. The van der Waals surface area contributed by atoms with E-state index in [0.717, 1.165) is 16.2 Å². The summed E-state index contributed by atoms with van der Waals surface area (Å²) in [5.74, 6) is 1.24. The van der Waals surface area contributed by atoms with Crippen molar-refractivity contribution >= 4 is 23.2 Å². The van der Waals surface area contributed by atoms with Gasteiger partial charge in [-0.2, -0.15) is 0 Å². The van der Waals surface area contributed by atoms with E-state index in [0.29, 0.717) is 12.3 Å². The molecule has 2 heterocycles. The summed E-state index contributed by atoms with van der Waals surface area (Å²) in [7, 11) is 1.76. The van der Waals surface area contributed by atoms with Gasteiger partial charge in [0.15, 0.2) is 11.5 Å². The Morgan fingerprint density at radius 1 is 1.28 bits per heavy atom. The van der Waals surface area contributed by atoms with Crippen LogP contribution in [0.25, 0.3) is 0 Å². The number of fused-ring (bicyclic) bond motifs is 1. The highest BCUT2D eigenvalue weighted by molar-refractivity contribution is 7.10. The topological polar surface area (TPSA) is 67.9 Å². The first-order valence-corrected chi connectivity index (χ1v) is 8.84. The van der Waals surface area contributed by atoms with Gasteiger partial charge in [0.25, 0.3) is 0 Å². The smallest absolute Gasteiger partial charge is 0.231 e. The average Bonchev–Trinajstić information content (AvgIpc) is 3.24. The maximum Gasteiger partial charge on any atom is 0.231 e. The van der Waals surface area contributed by atoms with Crippen molar-refractivity contribution < 1.29 is 19.1 Å². The molecular weight excluding hydrogens is 340 g/mol. The lowest BCUT2D eigenvalue weighted by atomic mass is 10.1. The van der Waals surface area contributed by atoms with Gasteiger partial charge >= 0.3 is 0 Å². The van der Waals surface area contributed by atoms with E-state index < -0.39 is 0 Å². The molecule has 0 spiro atoms. The first kappa shape index (κ1) is 17.3. The third kappa shape index (κ3) is 4.30. The van der Waals surface area contributed by atoms with E-state index >= 15 is 0 Å². The van der Waals surface area contributed by atoms with Gasteiger partial charge in [-0.05, 0) is 29.1 Å². The second-order valence-corrected chi connectivity index (χ2v) is 6.89. The van der Waals surface area contributed by atoms with Gasteiger partial charge in [-0.1, -0.05) is 12.1 Å². The first-order valence-electron chi connectivity index (χ1n) is 7.96. The Bertz CT molecular complexity index is 760. The van der Waals surface area contributed by atoms with Gasteiger partial charge in [0.1, 0.15) is 0 Å². The monoisotopic (exact) mass is 360 g/mol. The lowest BCUT2D eigenvalue weighted by Crippen LogP contribution is -2.33. The summed E-state index contributed by atoms with van der Waals surface area (Å²) in [6.07, 6.45) is 0.223. The van der Waals surface area contributed by atoms with Gasteiger partial charge < -0.3 is 19.7 Å². The van der Waals surface area contributed by atoms with Crippen LogP contribution in [-0.2, 0) is 16.1 Å². The quantitative estimate of drug-likeness (QED) is 0.860. The second-order valence-electron chi connectivity index (χ2n) is 5.91. The maximum atomic E-state index is 12.6. The number of hydrogen-bond acceptors (Lipinski definition) is 5. The average molecular weight is 360 g/mol. The van der Waals surface area contributed by atoms with Crippen molar-refractivity contribution in [2.75, 3.05) is 13.8 Å². The molecule has 0 aliphatic carbocycles. The molecule has 1 aromatic heterocycles. The summed E-state index contributed by atoms with van der Waals surface area (Å²) in [5.41, 5.74) is 0.965. The van der Waals surface area contributed by atoms with Gasteiger partial charge in [0.05, 0.1) is 12.5 Å². The third-order valence-electron chi connectivity index (χ3n) is 3.93. The summed E-state index contributed by atoms with van der Waals surface area (Å²) in [5, 5.41) is 4.79. The fourth-order valence-electron chi connectivity index (χ4n) is 2.69. The third-order valence-corrected chi connectivity index (χ3v) is 4.91. The molecule has 0 fully saturated rings. The summed E-state index contributed by atoms with van der Waals surface area (Å²) in [6.45, 7) is 2.15. The molecule has 2 aromatic rings.